The van der Waals surface area contributed by atoms with Gasteiger partial charge in [0.05, 0.1) is 6.04 Å². The Morgan fingerprint density at radius 2 is 2.05 bits per heavy atom. The van der Waals surface area contributed by atoms with Crippen LogP contribution in [0.5, 0.6) is 11.5 Å². The molecule has 3 nitrogen and oxygen atoms in total. The Morgan fingerprint density at radius 1 is 1.25 bits per heavy atom. The smallest absolute Gasteiger partial charge is 0.127 e. The van der Waals surface area contributed by atoms with Crippen LogP contribution in [0.4, 0.5) is 0 Å². The van der Waals surface area contributed by atoms with Crippen molar-refractivity contribution in [3.8, 4) is 11.5 Å². The van der Waals surface area contributed by atoms with Crippen molar-refractivity contribution in [1.29, 1.82) is 0 Å². The van der Waals surface area contributed by atoms with Crippen molar-refractivity contribution >= 4 is 0 Å². The maximum Gasteiger partial charge on any atom is 0.127 e. The minimum absolute atomic E-state index is 0.273. The van der Waals surface area contributed by atoms with Crippen LogP contribution in [0.2, 0.25) is 0 Å². The van der Waals surface area contributed by atoms with E-state index in [9.17, 15) is 5.11 Å². The number of hydrogen-bond donors (Lipinski definition) is 2. The monoisotopic (exact) mass is 277 g/mol. The predicted octanol–water partition coefficient (Wildman–Crippen LogP) is 4.02. The molecular formula is C17H27NO2. The summed E-state index contributed by atoms with van der Waals surface area (Å²) >= 11 is 0. The Balaban J connectivity index is 1.62. The maximum atomic E-state index is 9.42. The SMILES string of the molecule is CC(C)CCCCCCNC1COc2cc(O)ccc21. The largest absolute Gasteiger partial charge is 0.508 e. The van der Waals surface area contributed by atoms with E-state index in [0.717, 1.165) is 18.2 Å². The molecule has 1 atom stereocenters. The highest BCUT2D eigenvalue weighted by Crippen LogP contribution is 2.34. The highest BCUT2D eigenvalue weighted by molar-refractivity contribution is 5.44. The van der Waals surface area contributed by atoms with E-state index in [1.807, 2.05) is 6.07 Å². The molecule has 0 bridgehead atoms. The molecule has 0 spiro atoms. The van der Waals surface area contributed by atoms with E-state index in [1.165, 1.54) is 37.7 Å². The average Bonchev–Trinajstić information content (AvgIpc) is 2.79. The molecule has 0 radical (unpaired) electrons. The van der Waals surface area contributed by atoms with Crippen molar-refractivity contribution < 1.29 is 9.84 Å². The molecule has 0 saturated heterocycles. The highest BCUT2D eigenvalue weighted by atomic mass is 16.5. The lowest BCUT2D eigenvalue weighted by Crippen LogP contribution is -2.23. The first-order valence-electron chi connectivity index (χ1n) is 7.86. The molecule has 0 saturated carbocycles. The lowest BCUT2D eigenvalue weighted by molar-refractivity contribution is 0.309. The number of hydrogen-bond acceptors (Lipinski definition) is 3. The van der Waals surface area contributed by atoms with Gasteiger partial charge in [-0.25, -0.2) is 0 Å². The van der Waals surface area contributed by atoms with Crippen LogP contribution < -0.4 is 10.1 Å². The van der Waals surface area contributed by atoms with Gasteiger partial charge in [0.25, 0.3) is 0 Å². The Bertz CT molecular complexity index is 417. The number of ether oxygens (including phenoxy) is 1. The van der Waals surface area contributed by atoms with Crippen LogP contribution in [0.25, 0.3) is 0 Å². The second-order valence-electron chi connectivity index (χ2n) is 6.14. The minimum Gasteiger partial charge on any atom is -0.508 e. The average molecular weight is 277 g/mol. The topological polar surface area (TPSA) is 41.5 Å². The van der Waals surface area contributed by atoms with Crippen molar-refractivity contribution in [3.05, 3.63) is 23.8 Å². The van der Waals surface area contributed by atoms with Gasteiger partial charge >= 0.3 is 0 Å². The first-order chi connectivity index (χ1) is 9.66. The summed E-state index contributed by atoms with van der Waals surface area (Å²) in [4.78, 5) is 0. The first kappa shape index (κ1) is 15.2. The van der Waals surface area contributed by atoms with E-state index in [-0.39, 0.29) is 11.8 Å². The molecule has 112 valence electrons. The fraction of sp³-hybridized carbons (Fsp3) is 0.647. The summed E-state index contributed by atoms with van der Waals surface area (Å²) in [5, 5.41) is 13.0. The number of phenols is 1. The van der Waals surface area contributed by atoms with E-state index in [2.05, 4.69) is 19.2 Å². The molecule has 1 aliphatic rings. The Hall–Kier alpha value is -1.22. The Labute approximate surface area is 122 Å². The van der Waals surface area contributed by atoms with E-state index < -0.39 is 0 Å². The summed E-state index contributed by atoms with van der Waals surface area (Å²) in [6, 6.07) is 5.66. The number of nitrogens with one attached hydrogen (secondary N) is 1. The lowest BCUT2D eigenvalue weighted by atomic mass is 10.0. The molecule has 1 aromatic rings. The second-order valence-corrected chi connectivity index (χ2v) is 6.14. The van der Waals surface area contributed by atoms with Gasteiger partial charge in [0.1, 0.15) is 18.1 Å². The maximum absolute atomic E-state index is 9.42. The highest BCUT2D eigenvalue weighted by Gasteiger charge is 2.23. The molecule has 2 rings (SSSR count). The molecular weight excluding hydrogens is 250 g/mol. The molecule has 2 N–H and O–H groups in total. The zero-order valence-electron chi connectivity index (χ0n) is 12.7. The molecule has 1 heterocycles. The van der Waals surface area contributed by atoms with Crippen LogP contribution in [0, 0.1) is 5.92 Å². The molecule has 3 heteroatoms. The van der Waals surface area contributed by atoms with Crippen molar-refractivity contribution in [3.63, 3.8) is 0 Å². The number of phenolic OH excluding ortho intramolecular Hbond substituents is 1. The summed E-state index contributed by atoms with van der Waals surface area (Å²) in [7, 11) is 0. The van der Waals surface area contributed by atoms with Crippen molar-refractivity contribution in [2.75, 3.05) is 13.2 Å². The third kappa shape index (κ3) is 4.41. The van der Waals surface area contributed by atoms with Gasteiger partial charge in [-0.3, -0.25) is 0 Å². The van der Waals surface area contributed by atoms with Gasteiger partial charge in [-0.05, 0) is 31.0 Å². The molecule has 0 amide bonds. The van der Waals surface area contributed by atoms with Gasteiger partial charge < -0.3 is 15.2 Å². The Morgan fingerprint density at radius 3 is 2.85 bits per heavy atom. The van der Waals surface area contributed by atoms with Crippen LogP contribution >= 0.6 is 0 Å². The normalized spacial score (nSPS) is 17.2. The number of rotatable bonds is 8. The summed E-state index contributed by atoms with van der Waals surface area (Å²) in [6.45, 7) is 6.29. The summed E-state index contributed by atoms with van der Waals surface area (Å²) in [5.74, 6) is 1.92. The third-order valence-corrected chi connectivity index (χ3v) is 3.88. The summed E-state index contributed by atoms with van der Waals surface area (Å²) < 4.78 is 5.59. The van der Waals surface area contributed by atoms with Gasteiger partial charge in [0, 0.05) is 11.6 Å². The summed E-state index contributed by atoms with van der Waals surface area (Å²) in [6.07, 6.45) is 6.57. The molecule has 1 aliphatic heterocycles. The van der Waals surface area contributed by atoms with Gasteiger partial charge in [-0.2, -0.15) is 0 Å². The predicted molar refractivity (Wildman–Crippen MR) is 82.3 cm³/mol. The number of fused-ring (bicyclic) bond motifs is 1. The fourth-order valence-electron chi connectivity index (χ4n) is 2.68. The fourth-order valence-corrected chi connectivity index (χ4v) is 2.68. The summed E-state index contributed by atoms with van der Waals surface area (Å²) in [5.41, 5.74) is 1.17. The van der Waals surface area contributed by atoms with E-state index in [1.54, 1.807) is 12.1 Å². The molecule has 20 heavy (non-hydrogen) atoms. The molecule has 1 unspecified atom stereocenters. The zero-order chi connectivity index (χ0) is 14.4. The van der Waals surface area contributed by atoms with Crippen molar-refractivity contribution in [1.82, 2.24) is 5.32 Å². The molecule has 0 aromatic heterocycles. The van der Waals surface area contributed by atoms with Crippen LogP contribution in [-0.4, -0.2) is 18.3 Å². The Kier molecular flexibility index (Phi) is 5.72. The zero-order valence-corrected chi connectivity index (χ0v) is 12.7. The van der Waals surface area contributed by atoms with Gasteiger partial charge in [0.2, 0.25) is 0 Å². The van der Waals surface area contributed by atoms with Crippen LogP contribution in [-0.2, 0) is 0 Å². The minimum atomic E-state index is 0.273. The number of aromatic hydroxyl groups is 1. The number of benzene rings is 1. The molecule has 1 aromatic carbocycles. The first-order valence-corrected chi connectivity index (χ1v) is 7.86. The molecule has 0 aliphatic carbocycles. The van der Waals surface area contributed by atoms with E-state index in [4.69, 9.17) is 4.74 Å². The van der Waals surface area contributed by atoms with Crippen molar-refractivity contribution in [2.24, 2.45) is 5.92 Å². The van der Waals surface area contributed by atoms with E-state index in [0.29, 0.717) is 6.61 Å². The van der Waals surface area contributed by atoms with Crippen molar-refractivity contribution in [2.45, 2.75) is 52.0 Å². The molecule has 0 fully saturated rings. The third-order valence-electron chi connectivity index (χ3n) is 3.88. The van der Waals surface area contributed by atoms with Crippen LogP contribution in [0.15, 0.2) is 18.2 Å². The second kappa shape index (κ2) is 7.53. The standard InChI is InChI=1S/C17H27NO2/c1-13(2)7-5-3-4-6-10-18-16-12-20-17-11-14(19)8-9-15(16)17/h8-9,11,13,16,18-19H,3-7,10,12H2,1-2H3. The quantitative estimate of drug-likeness (QED) is 0.705. The number of unbranched alkanes of at least 4 members (excludes halogenated alkanes) is 3. The van der Waals surface area contributed by atoms with Gasteiger partial charge in [-0.1, -0.05) is 39.5 Å². The van der Waals surface area contributed by atoms with Gasteiger partial charge in [0.15, 0.2) is 0 Å². The lowest BCUT2D eigenvalue weighted by Gasteiger charge is -2.11. The van der Waals surface area contributed by atoms with E-state index >= 15 is 0 Å². The van der Waals surface area contributed by atoms with Gasteiger partial charge in [-0.15, -0.1) is 0 Å². The van der Waals surface area contributed by atoms with Crippen LogP contribution in [0.1, 0.15) is 57.6 Å². The van der Waals surface area contributed by atoms with Crippen LogP contribution in [0.3, 0.4) is 0 Å².